The maximum atomic E-state index is 13.2. The van der Waals surface area contributed by atoms with Crippen molar-refractivity contribution in [2.24, 2.45) is 5.92 Å². The fourth-order valence-corrected chi connectivity index (χ4v) is 4.13. The number of halogens is 1. The lowest BCUT2D eigenvalue weighted by Gasteiger charge is -2.26. The number of rotatable bonds is 8. The van der Waals surface area contributed by atoms with E-state index in [-0.39, 0.29) is 34.1 Å². The van der Waals surface area contributed by atoms with Crippen LogP contribution in [0.25, 0.3) is 0 Å². The lowest BCUT2D eigenvalue weighted by molar-refractivity contribution is -0.120. The van der Waals surface area contributed by atoms with Crippen molar-refractivity contribution in [2.75, 3.05) is 18.0 Å². The van der Waals surface area contributed by atoms with Gasteiger partial charge in [-0.2, -0.15) is 0 Å². The van der Waals surface area contributed by atoms with Crippen LogP contribution in [-0.4, -0.2) is 34.0 Å². The van der Waals surface area contributed by atoms with Crippen LogP contribution in [0.3, 0.4) is 0 Å². The highest BCUT2D eigenvalue weighted by Crippen LogP contribution is 2.31. The van der Waals surface area contributed by atoms with Gasteiger partial charge in [0.25, 0.3) is 10.0 Å². The third-order valence-electron chi connectivity index (χ3n) is 4.43. The third-order valence-corrected chi connectivity index (χ3v) is 6.51. The molecule has 0 aliphatic carbocycles. The zero-order valence-corrected chi connectivity index (χ0v) is 17.9. The highest BCUT2D eigenvalue weighted by molar-refractivity contribution is 7.92. The van der Waals surface area contributed by atoms with Crippen LogP contribution >= 0.6 is 11.6 Å². The van der Waals surface area contributed by atoms with Gasteiger partial charge in [0.15, 0.2) is 0 Å². The first-order chi connectivity index (χ1) is 13.2. The average Bonchev–Trinajstić information content (AvgIpc) is 2.66. The van der Waals surface area contributed by atoms with Crippen molar-refractivity contribution >= 4 is 33.2 Å². The highest BCUT2D eigenvalue weighted by Gasteiger charge is 2.28. The lowest BCUT2D eigenvalue weighted by Crippen LogP contribution is -2.45. The Morgan fingerprint density at radius 3 is 2.32 bits per heavy atom. The monoisotopic (exact) mass is 424 g/mol. The molecule has 0 heterocycles. The number of amides is 1. The molecule has 0 aliphatic heterocycles. The van der Waals surface area contributed by atoms with Gasteiger partial charge >= 0.3 is 0 Å². The van der Waals surface area contributed by atoms with E-state index in [2.05, 4.69) is 5.32 Å². The number of hydrogen-bond acceptors (Lipinski definition) is 4. The number of hydrogen-bond donors (Lipinski definition) is 1. The van der Waals surface area contributed by atoms with Gasteiger partial charge in [0, 0.05) is 6.04 Å². The van der Waals surface area contributed by atoms with Gasteiger partial charge in [0.05, 0.1) is 22.7 Å². The van der Waals surface area contributed by atoms with E-state index < -0.39 is 15.9 Å². The molecule has 0 unspecified atom stereocenters. The number of carbonyl (C=O) groups excluding carboxylic acids is 1. The quantitative estimate of drug-likeness (QED) is 0.700. The van der Waals surface area contributed by atoms with Gasteiger partial charge in [0.2, 0.25) is 5.91 Å². The maximum absolute atomic E-state index is 13.2. The first-order valence-electron chi connectivity index (χ1n) is 8.87. The zero-order valence-electron chi connectivity index (χ0n) is 16.3. The Balaban J connectivity index is 2.44. The summed E-state index contributed by atoms with van der Waals surface area (Å²) in [4.78, 5) is 12.6. The van der Waals surface area contributed by atoms with Gasteiger partial charge in [-0.3, -0.25) is 9.10 Å². The van der Waals surface area contributed by atoms with Crippen LogP contribution in [0.4, 0.5) is 5.69 Å². The van der Waals surface area contributed by atoms with Gasteiger partial charge in [-0.05, 0) is 43.2 Å². The standard InChI is InChI=1S/C20H25ClN2O4S/c1-14(2)15(3)22-20(24)13-23(16-10-11-19(27-4)18(21)12-16)28(25,26)17-8-6-5-7-9-17/h5-12,14-15H,13H2,1-4H3,(H,22,24)/t15-/m1/s1. The molecule has 0 bridgehead atoms. The molecule has 0 saturated carbocycles. The van der Waals surface area contributed by atoms with Crippen molar-refractivity contribution < 1.29 is 17.9 Å². The Labute approximate surface area is 171 Å². The first-order valence-corrected chi connectivity index (χ1v) is 10.7. The predicted molar refractivity (Wildman–Crippen MR) is 111 cm³/mol. The van der Waals surface area contributed by atoms with Crippen LogP contribution in [-0.2, 0) is 14.8 Å². The summed E-state index contributed by atoms with van der Waals surface area (Å²) < 4.78 is 32.6. The van der Waals surface area contributed by atoms with E-state index in [1.807, 2.05) is 20.8 Å². The summed E-state index contributed by atoms with van der Waals surface area (Å²) in [7, 11) is -2.50. The molecule has 0 fully saturated rings. The lowest BCUT2D eigenvalue weighted by atomic mass is 10.1. The van der Waals surface area contributed by atoms with Crippen molar-refractivity contribution in [3.05, 3.63) is 53.6 Å². The molecule has 2 rings (SSSR count). The number of ether oxygens (including phenoxy) is 1. The SMILES string of the molecule is COc1ccc(N(CC(=O)N[C@H](C)C(C)C)S(=O)(=O)c2ccccc2)cc1Cl. The van der Waals surface area contributed by atoms with Crippen LogP contribution in [0.15, 0.2) is 53.4 Å². The summed E-state index contributed by atoms with van der Waals surface area (Å²) in [6.07, 6.45) is 0. The van der Waals surface area contributed by atoms with Crippen LogP contribution in [0, 0.1) is 5.92 Å². The molecule has 1 amide bonds. The van der Waals surface area contributed by atoms with E-state index in [1.165, 1.54) is 25.3 Å². The molecule has 28 heavy (non-hydrogen) atoms. The van der Waals surface area contributed by atoms with E-state index >= 15 is 0 Å². The van der Waals surface area contributed by atoms with Crippen LogP contribution in [0.5, 0.6) is 5.75 Å². The predicted octanol–water partition coefficient (Wildman–Crippen LogP) is 3.70. The number of sulfonamides is 1. The van der Waals surface area contributed by atoms with E-state index in [4.69, 9.17) is 16.3 Å². The van der Waals surface area contributed by atoms with E-state index in [1.54, 1.807) is 30.3 Å². The number of methoxy groups -OCH3 is 1. The topological polar surface area (TPSA) is 75.7 Å². The number of carbonyl (C=O) groups is 1. The second-order valence-corrected chi connectivity index (χ2v) is 9.01. The summed E-state index contributed by atoms with van der Waals surface area (Å²) in [6.45, 7) is 5.47. The third kappa shape index (κ3) is 5.17. The Kier molecular flexibility index (Phi) is 7.32. The number of nitrogens with one attached hydrogen (secondary N) is 1. The molecule has 152 valence electrons. The summed E-state index contributed by atoms with van der Waals surface area (Å²) in [5.74, 6) is 0.242. The summed E-state index contributed by atoms with van der Waals surface area (Å²) in [5.41, 5.74) is 0.280. The normalized spacial score (nSPS) is 12.5. The van der Waals surface area contributed by atoms with Crippen molar-refractivity contribution in [3.63, 3.8) is 0 Å². The molecule has 1 atom stereocenters. The Morgan fingerprint density at radius 2 is 1.79 bits per heavy atom. The Bertz CT molecular complexity index is 917. The van der Waals surface area contributed by atoms with Crippen LogP contribution in [0.2, 0.25) is 5.02 Å². The summed E-state index contributed by atoms with van der Waals surface area (Å²) >= 11 is 6.19. The minimum Gasteiger partial charge on any atom is -0.495 e. The largest absolute Gasteiger partial charge is 0.495 e. The van der Waals surface area contributed by atoms with Gasteiger partial charge in [-0.15, -0.1) is 0 Å². The number of benzene rings is 2. The van der Waals surface area contributed by atoms with Crippen molar-refractivity contribution in [2.45, 2.75) is 31.7 Å². The fourth-order valence-electron chi connectivity index (χ4n) is 2.44. The number of anilines is 1. The van der Waals surface area contributed by atoms with E-state index in [0.29, 0.717) is 5.75 Å². The Morgan fingerprint density at radius 1 is 1.14 bits per heavy atom. The fraction of sp³-hybridized carbons (Fsp3) is 0.350. The molecular formula is C20H25ClN2O4S. The maximum Gasteiger partial charge on any atom is 0.264 e. The summed E-state index contributed by atoms with van der Waals surface area (Å²) in [5, 5.41) is 3.09. The smallest absolute Gasteiger partial charge is 0.264 e. The molecule has 6 nitrogen and oxygen atoms in total. The summed E-state index contributed by atoms with van der Waals surface area (Å²) in [6, 6.07) is 12.5. The van der Waals surface area contributed by atoms with Crippen molar-refractivity contribution in [3.8, 4) is 5.75 Å². The molecule has 2 aromatic rings. The second-order valence-electron chi connectivity index (χ2n) is 6.74. The first kappa shape index (κ1) is 22.0. The molecule has 1 N–H and O–H groups in total. The van der Waals surface area contributed by atoms with Crippen molar-refractivity contribution in [1.82, 2.24) is 5.32 Å². The van der Waals surface area contributed by atoms with Gasteiger partial charge in [0.1, 0.15) is 12.3 Å². The van der Waals surface area contributed by atoms with Gasteiger partial charge in [-0.1, -0.05) is 43.6 Å². The average molecular weight is 425 g/mol. The second kappa shape index (κ2) is 9.30. The number of nitrogens with zero attached hydrogens (tertiary/aromatic N) is 1. The van der Waals surface area contributed by atoms with E-state index in [0.717, 1.165) is 4.31 Å². The van der Waals surface area contributed by atoms with E-state index in [9.17, 15) is 13.2 Å². The van der Waals surface area contributed by atoms with Crippen LogP contribution < -0.4 is 14.4 Å². The molecule has 0 aromatic heterocycles. The zero-order chi connectivity index (χ0) is 20.9. The molecule has 8 heteroatoms. The highest BCUT2D eigenvalue weighted by atomic mass is 35.5. The molecule has 0 saturated heterocycles. The molecule has 0 aliphatic rings. The van der Waals surface area contributed by atoms with Crippen LogP contribution in [0.1, 0.15) is 20.8 Å². The minimum absolute atomic E-state index is 0.0895. The van der Waals surface area contributed by atoms with Gasteiger partial charge < -0.3 is 10.1 Å². The van der Waals surface area contributed by atoms with Gasteiger partial charge in [-0.25, -0.2) is 8.42 Å². The Hall–Kier alpha value is -2.25. The minimum atomic E-state index is -3.97. The molecule has 0 spiro atoms. The molecule has 0 radical (unpaired) electrons. The molecule has 2 aromatic carbocycles. The molecular weight excluding hydrogens is 400 g/mol. The van der Waals surface area contributed by atoms with Crippen molar-refractivity contribution in [1.29, 1.82) is 0 Å².